The molecular weight excluding hydrogens is 280 g/mol. The molecule has 22 heavy (non-hydrogen) atoms. The lowest BCUT2D eigenvalue weighted by atomic mass is 9.90. The topological polar surface area (TPSA) is 64.3 Å². The van der Waals surface area contributed by atoms with E-state index in [1.165, 1.54) is 0 Å². The first-order valence-corrected chi connectivity index (χ1v) is 6.88. The van der Waals surface area contributed by atoms with Crippen molar-refractivity contribution < 1.29 is 18.8 Å². The van der Waals surface area contributed by atoms with Crippen LogP contribution in [0, 0.1) is 0 Å². The Bertz CT molecular complexity index is 1000. The molecule has 1 heterocycles. The van der Waals surface area contributed by atoms with Crippen LogP contribution in [0.2, 0.25) is 0 Å². The third-order valence-electron chi connectivity index (χ3n) is 3.87. The van der Waals surface area contributed by atoms with Gasteiger partial charge in [-0.1, -0.05) is 36.4 Å². The van der Waals surface area contributed by atoms with Gasteiger partial charge in [0.05, 0.1) is 6.42 Å². The highest BCUT2D eigenvalue weighted by atomic mass is 16.3. The zero-order chi connectivity index (χ0) is 15.3. The van der Waals surface area contributed by atoms with E-state index in [1.54, 1.807) is 6.07 Å². The summed E-state index contributed by atoms with van der Waals surface area (Å²) in [5.74, 6) is -1.65. The van der Waals surface area contributed by atoms with Crippen LogP contribution in [0.15, 0.2) is 53.0 Å². The van der Waals surface area contributed by atoms with Gasteiger partial charge >= 0.3 is 0 Å². The lowest BCUT2D eigenvalue weighted by Gasteiger charge is -2.10. The third-order valence-corrected chi connectivity index (χ3v) is 3.87. The van der Waals surface area contributed by atoms with Crippen molar-refractivity contribution in [3.8, 4) is 0 Å². The number of benzene rings is 2. The molecule has 4 nitrogen and oxygen atoms in total. The summed E-state index contributed by atoms with van der Waals surface area (Å²) < 4.78 is 5.86. The molecule has 0 saturated heterocycles. The molecule has 0 aliphatic heterocycles. The van der Waals surface area contributed by atoms with Crippen molar-refractivity contribution in [3.05, 3.63) is 54.1 Å². The Morgan fingerprint density at radius 2 is 1.59 bits per heavy atom. The molecule has 1 aliphatic rings. The average Bonchev–Trinajstić information content (AvgIpc) is 2.90. The van der Waals surface area contributed by atoms with Crippen LogP contribution in [0.3, 0.4) is 0 Å². The molecular formula is C18H10O4. The van der Waals surface area contributed by atoms with Crippen LogP contribution in [0.5, 0.6) is 0 Å². The van der Waals surface area contributed by atoms with Crippen LogP contribution in [0.25, 0.3) is 27.5 Å². The summed E-state index contributed by atoms with van der Waals surface area (Å²) in [6, 6.07) is 13.0. The number of rotatable bonds is 1. The predicted molar refractivity (Wildman–Crippen MR) is 81.3 cm³/mol. The van der Waals surface area contributed by atoms with E-state index in [1.807, 2.05) is 36.4 Å². The monoisotopic (exact) mass is 290 g/mol. The number of furan rings is 1. The maximum atomic E-state index is 12.1. The molecule has 1 aliphatic carbocycles. The Kier molecular flexibility index (Phi) is 2.60. The molecule has 4 rings (SSSR count). The van der Waals surface area contributed by atoms with Crippen LogP contribution in [-0.4, -0.2) is 17.3 Å². The van der Waals surface area contributed by atoms with Gasteiger partial charge in [0.25, 0.3) is 0 Å². The van der Waals surface area contributed by atoms with E-state index in [9.17, 15) is 14.4 Å². The fraction of sp³-hybridized carbons (Fsp3) is 0.0556. The number of ketones is 3. The van der Waals surface area contributed by atoms with Crippen molar-refractivity contribution in [2.24, 2.45) is 0 Å². The highest BCUT2D eigenvalue weighted by Crippen LogP contribution is 2.34. The Balaban J connectivity index is 2.03. The van der Waals surface area contributed by atoms with E-state index in [-0.39, 0.29) is 17.8 Å². The van der Waals surface area contributed by atoms with Crippen molar-refractivity contribution in [3.63, 3.8) is 0 Å². The van der Waals surface area contributed by atoms with Crippen LogP contribution >= 0.6 is 0 Å². The van der Waals surface area contributed by atoms with E-state index < -0.39 is 11.6 Å². The summed E-state index contributed by atoms with van der Waals surface area (Å²) >= 11 is 0. The smallest absolute Gasteiger partial charge is 0.222 e. The van der Waals surface area contributed by atoms with Crippen LogP contribution < -0.4 is 0 Å². The van der Waals surface area contributed by atoms with E-state index in [4.69, 9.17) is 4.42 Å². The van der Waals surface area contributed by atoms with Crippen molar-refractivity contribution >= 4 is 44.9 Å². The first kappa shape index (κ1) is 12.7. The normalized spacial score (nSPS) is 15.6. The average molecular weight is 290 g/mol. The molecule has 0 N–H and O–H groups in total. The summed E-state index contributed by atoms with van der Waals surface area (Å²) in [5.41, 5.74) is 2.08. The zero-order valence-corrected chi connectivity index (χ0v) is 11.5. The number of hydrogen-bond acceptors (Lipinski definition) is 4. The minimum atomic E-state index is -0.662. The number of carbonyl (C=O) groups is 3. The predicted octanol–water partition coefficient (Wildman–Crippen LogP) is 3.08. The summed E-state index contributed by atoms with van der Waals surface area (Å²) in [6.45, 7) is 0. The molecule has 0 unspecified atom stereocenters. The summed E-state index contributed by atoms with van der Waals surface area (Å²) in [7, 11) is 0. The maximum Gasteiger partial charge on any atom is 0.222 e. The van der Waals surface area contributed by atoms with Crippen LogP contribution in [-0.2, 0) is 14.4 Å². The van der Waals surface area contributed by atoms with Gasteiger partial charge in [0.1, 0.15) is 11.2 Å². The lowest BCUT2D eigenvalue weighted by molar-refractivity contribution is -0.136. The first-order chi connectivity index (χ1) is 10.6. The SMILES string of the molecule is O=C1C=C(c2cccc3c2oc2ccccc23)C(=O)CC1=O. The highest BCUT2D eigenvalue weighted by molar-refractivity contribution is 6.53. The number of para-hydroxylation sites is 2. The molecule has 0 radical (unpaired) electrons. The van der Waals surface area contributed by atoms with Gasteiger partial charge < -0.3 is 4.42 Å². The Morgan fingerprint density at radius 3 is 2.45 bits per heavy atom. The van der Waals surface area contributed by atoms with Gasteiger partial charge in [-0.25, -0.2) is 0 Å². The Morgan fingerprint density at radius 1 is 0.818 bits per heavy atom. The van der Waals surface area contributed by atoms with Crippen molar-refractivity contribution in [2.75, 3.05) is 0 Å². The largest absolute Gasteiger partial charge is 0.455 e. The fourth-order valence-corrected chi connectivity index (χ4v) is 2.81. The van der Waals surface area contributed by atoms with Gasteiger partial charge in [-0.2, -0.15) is 0 Å². The first-order valence-electron chi connectivity index (χ1n) is 6.88. The van der Waals surface area contributed by atoms with Gasteiger partial charge in [0, 0.05) is 28.0 Å². The number of allylic oxidation sites excluding steroid dienone is 2. The van der Waals surface area contributed by atoms with E-state index in [0.717, 1.165) is 22.4 Å². The number of hydrogen-bond donors (Lipinski definition) is 0. The second kappa shape index (κ2) is 4.49. The molecule has 4 heteroatoms. The van der Waals surface area contributed by atoms with Gasteiger partial charge in [0.2, 0.25) is 11.6 Å². The van der Waals surface area contributed by atoms with Crippen molar-refractivity contribution in [1.82, 2.24) is 0 Å². The fourth-order valence-electron chi connectivity index (χ4n) is 2.81. The zero-order valence-electron chi connectivity index (χ0n) is 11.5. The molecule has 0 saturated carbocycles. The second-order valence-electron chi connectivity index (χ2n) is 5.23. The quantitative estimate of drug-likeness (QED) is 0.510. The summed E-state index contributed by atoms with van der Waals surface area (Å²) in [4.78, 5) is 35.1. The van der Waals surface area contributed by atoms with Crippen molar-refractivity contribution in [2.45, 2.75) is 6.42 Å². The van der Waals surface area contributed by atoms with Gasteiger partial charge in [-0.05, 0) is 6.07 Å². The standard InChI is InChI=1S/C18H10O4/c19-14-9-16(21)15(20)8-13(14)12-6-3-5-11-10-4-1-2-7-17(10)22-18(11)12/h1-8H,9H2. The van der Waals surface area contributed by atoms with Crippen LogP contribution in [0.1, 0.15) is 12.0 Å². The summed E-state index contributed by atoms with van der Waals surface area (Å²) in [5, 5.41) is 1.83. The number of carbonyl (C=O) groups excluding carboxylic acids is 3. The van der Waals surface area contributed by atoms with Crippen molar-refractivity contribution in [1.29, 1.82) is 0 Å². The highest BCUT2D eigenvalue weighted by Gasteiger charge is 2.28. The van der Waals surface area contributed by atoms with E-state index >= 15 is 0 Å². The third kappa shape index (κ3) is 1.74. The maximum absolute atomic E-state index is 12.1. The minimum absolute atomic E-state index is 0.245. The minimum Gasteiger partial charge on any atom is -0.455 e. The van der Waals surface area contributed by atoms with Crippen LogP contribution in [0.4, 0.5) is 0 Å². The molecule has 3 aromatic rings. The molecule has 0 bridgehead atoms. The van der Waals surface area contributed by atoms with E-state index in [2.05, 4.69) is 0 Å². The second-order valence-corrected chi connectivity index (χ2v) is 5.23. The lowest BCUT2D eigenvalue weighted by Crippen LogP contribution is -2.23. The Hall–Kier alpha value is -3.01. The molecule has 0 amide bonds. The molecule has 0 fully saturated rings. The Labute approximate surface area is 125 Å². The van der Waals surface area contributed by atoms with Gasteiger partial charge in [-0.15, -0.1) is 0 Å². The molecule has 1 aromatic heterocycles. The molecule has 2 aromatic carbocycles. The number of fused-ring (bicyclic) bond motifs is 3. The molecule has 0 spiro atoms. The number of Topliss-reactive ketones (excluding diaryl/α,β-unsaturated/α-hetero) is 2. The summed E-state index contributed by atoms with van der Waals surface area (Å²) in [6.07, 6.45) is 0.747. The van der Waals surface area contributed by atoms with Gasteiger partial charge in [-0.3, -0.25) is 14.4 Å². The molecule has 0 atom stereocenters. The van der Waals surface area contributed by atoms with E-state index in [0.29, 0.717) is 11.1 Å². The molecule has 106 valence electrons. The van der Waals surface area contributed by atoms with Gasteiger partial charge in [0.15, 0.2) is 5.78 Å².